The lowest BCUT2D eigenvalue weighted by Gasteiger charge is -2.17. The lowest BCUT2D eigenvalue weighted by Crippen LogP contribution is -2.03. The fraction of sp³-hybridized carbons (Fsp3) is 1.00. The Morgan fingerprint density at radius 1 is 0.684 bits per heavy atom. The molecule has 19 heavy (non-hydrogen) atoms. The summed E-state index contributed by atoms with van der Waals surface area (Å²) >= 11 is 0. The SMILES string of the molecule is CCCCCCCC[P]C1CCCCCCCCC1. The van der Waals surface area contributed by atoms with E-state index in [1.807, 2.05) is 0 Å². The van der Waals surface area contributed by atoms with Crippen LogP contribution >= 0.6 is 8.58 Å². The molecule has 0 unspecified atom stereocenters. The highest BCUT2D eigenvalue weighted by Gasteiger charge is 2.10. The highest BCUT2D eigenvalue weighted by Crippen LogP contribution is 2.31. The van der Waals surface area contributed by atoms with E-state index in [9.17, 15) is 0 Å². The van der Waals surface area contributed by atoms with Crippen LogP contribution in [0.25, 0.3) is 0 Å². The maximum atomic E-state index is 2.30. The van der Waals surface area contributed by atoms with Crippen LogP contribution in [0.3, 0.4) is 0 Å². The van der Waals surface area contributed by atoms with Crippen molar-refractivity contribution in [3.05, 3.63) is 0 Å². The molecule has 0 N–H and O–H groups in total. The lowest BCUT2D eigenvalue weighted by atomic mass is 10.0. The van der Waals surface area contributed by atoms with Crippen LogP contribution in [0.2, 0.25) is 0 Å². The quantitative estimate of drug-likeness (QED) is 0.327. The van der Waals surface area contributed by atoms with Crippen LogP contribution in [0.4, 0.5) is 0 Å². The van der Waals surface area contributed by atoms with Crippen LogP contribution in [0.5, 0.6) is 0 Å². The minimum absolute atomic E-state index is 1.05. The summed E-state index contributed by atoms with van der Waals surface area (Å²) in [6, 6.07) is 0. The van der Waals surface area contributed by atoms with E-state index in [-0.39, 0.29) is 0 Å². The van der Waals surface area contributed by atoms with E-state index in [0.717, 1.165) is 5.66 Å². The lowest BCUT2D eigenvalue weighted by molar-refractivity contribution is 0.509. The molecule has 1 rings (SSSR count). The van der Waals surface area contributed by atoms with E-state index >= 15 is 0 Å². The average molecular weight is 283 g/mol. The molecule has 0 spiro atoms. The third-order valence-electron chi connectivity index (χ3n) is 4.47. The molecule has 0 aliphatic heterocycles. The molecule has 1 radical (unpaired) electrons. The van der Waals surface area contributed by atoms with Gasteiger partial charge in [-0.3, -0.25) is 0 Å². The second-order valence-corrected chi connectivity index (χ2v) is 7.92. The van der Waals surface area contributed by atoms with Crippen LogP contribution in [0.1, 0.15) is 103 Å². The van der Waals surface area contributed by atoms with Crippen LogP contribution in [0.15, 0.2) is 0 Å². The summed E-state index contributed by atoms with van der Waals surface area (Å²) in [6.07, 6.45) is 23.8. The van der Waals surface area contributed by atoms with E-state index in [1.54, 1.807) is 8.58 Å². The largest absolute Gasteiger partial charge is 0.0775 e. The van der Waals surface area contributed by atoms with E-state index in [0.29, 0.717) is 0 Å². The van der Waals surface area contributed by atoms with Gasteiger partial charge in [0.05, 0.1) is 0 Å². The van der Waals surface area contributed by atoms with Crippen molar-refractivity contribution in [1.29, 1.82) is 0 Å². The summed E-state index contributed by atoms with van der Waals surface area (Å²) in [7, 11) is 1.79. The van der Waals surface area contributed by atoms with E-state index in [1.165, 1.54) is 102 Å². The first kappa shape index (κ1) is 17.5. The Kier molecular flexibility index (Phi) is 12.3. The maximum Gasteiger partial charge on any atom is -0.0170 e. The first-order valence-electron chi connectivity index (χ1n) is 9.10. The van der Waals surface area contributed by atoms with Gasteiger partial charge in [0, 0.05) is 0 Å². The van der Waals surface area contributed by atoms with Gasteiger partial charge in [0.2, 0.25) is 0 Å². The summed E-state index contributed by atoms with van der Waals surface area (Å²) in [4.78, 5) is 0. The van der Waals surface area contributed by atoms with Gasteiger partial charge in [0.15, 0.2) is 0 Å². The predicted molar refractivity (Wildman–Crippen MR) is 90.5 cm³/mol. The van der Waals surface area contributed by atoms with Crippen molar-refractivity contribution in [3.8, 4) is 0 Å². The fourth-order valence-corrected chi connectivity index (χ4v) is 4.64. The topological polar surface area (TPSA) is 0 Å². The molecule has 0 aromatic heterocycles. The van der Waals surface area contributed by atoms with Crippen molar-refractivity contribution in [2.75, 3.05) is 6.16 Å². The maximum absolute atomic E-state index is 2.30. The molecule has 0 nitrogen and oxygen atoms in total. The van der Waals surface area contributed by atoms with Crippen LogP contribution < -0.4 is 0 Å². The van der Waals surface area contributed by atoms with Crippen molar-refractivity contribution in [2.24, 2.45) is 0 Å². The molecule has 1 saturated carbocycles. The third-order valence-corrected chi connectivity index (χ3v) is 6.08. The molecule has 1 aliphatic carbocycles. The zero-order chi connectivity index (χ0) is 13.6. The van der Waals surface area contributed by atoms with Gasteiger partial charge in [-0.1, -0.05) is 92.6 Å². The van der Waals surface area contributed by atoms with Crippen molar-refractivity contribution in [2.45, 2.75) is 109 Å². The number of unbranched alkanes of at least 4 members (excludes halogenated alkanes) is 5. The Labute approximate surface area is 124 Å². The predicted octanol–water partition coefficient (Wildman–Crippen LogP) is 7.19. The van der Waals surface area contributed by atoms with E-state index in [2.05, 4.69) is 6.92 Å². The second-order valence-electron chi connectivity index (χ2n) is 6.38. The molecule has 1 aliphatic rings. The Bertz CT molecular complexity index is 169. The molecule has 113 valence electrons. The van der Waals surface area contributed by atoms with Crippen LogP contribution in [-0.2, 0) is 0 Å². The van der Waals surface area contributed by atoms with E-state index < -0.39 is 0 Å². The van der Waals surface area contributed by atoms with Crippen molar-refractivity contribution in [3.63, 3.8) is 0 Å². The minimum Gasteiger partial charge on any atom is -0.0775 e. The molecular formula is C18H36P. The fourth-order valence-electron chi connectivity index (χ4n) is 3.14. The molecule has 0 aromatic carbocycles. The van der Waals surface area contributed by atoms with Crippen LogP contribution in [0, 0.1) is 0 Å². The molecule has 0 saturated heterocycles. The second kappa shape index (κ2) is 13.4. The zero-order valence-electron chi connectivity index (χ0n) is 13.3. The summed E-state index contributed by atoms with van der Waals surface area (Å²) in [5.74, 6) is 0. The molecular weight excluding hydrogens is 247 g/mol. The smallest absolute Gasteiger partial charge is 0.0170 e. The van der Waals surface area contributed by atoms with Crippen LogP contribution in [-0.4, -0.2) is 11.8 Å². The molecule has 0 atom stereocenters. The third kappa shape index (κ3) is 10.8. The standard InChI is InChI=1S/C18H36P/c1-2-3-4-5-11-14-17-19-18-15-12-9-7-6-8-10-13-16-18/h18H,2-17H2,1H3. The Morgan fingerprint density at radius 3 is 1.84 bits per heavy atom. The van der Waals surface area contributed by atoms with Gasteiger partial charge in [-0.05, 0) is 31.1 Å². The number of hydrogen-bond donors (Lipinski definition) is 0. The molecule has 0 aromatic rings. The number of hydrogen-bond acceptors (Lipinski definition) is 0. The van der Waals surface area contributed by atoms with Gasteiger partial charge in [-0.15, -0.1) is 0 Å². The van der Waals surface area contributed by atoms with Gasteiger partial charge >= 0.3 is 0 Å². The monoisotopic (exact) mass is 283 g/mol. The summed E-state index contributed by atoms with van der Waals surface area (Å²) < 4.78 is 0. The summed E-state index contributed by atoms with van der Waals surface area (Å²) in [5, 5.41) is 0. The molecule has 0 amide bonds. The summed E-state index contributed by atoms with van der Waals surface area (Å²) in [5.41, 5.74) is 1.05. The van der Waals surface area contributed by atoms with Gasteiger partial charge in [-0.2, -0.15) is 0 Å². The normalized spacial score (nSPS) is 20.1. The molecule has 1 heteroatoms. The van der Waals surface area contributed by atoms with Gasteiger partial charge in [0.1, 0.15) is 0 Å². The van der Waals surface area contributed by atoms with Gasteiger partial charge in [0.25, 0.3) is 0 Å². The molecule has 0 bridgehead atoms. The summed E-state index contributed by atoms with van der Waals surface area (Å²) in [6.45, 7) is 2.30. The average Bonchev–Trinajstić information content (AvgIpc) is 2.44. The Morgan fingerprint density at radius 2 is 1.21 bits per heavy atom. The van der Waals surface area contributed by atoms with E-state index in [4.69, 9.17) is 0 Å². The molecule has 0 heterocycles. The van der Waals surface area contributed by atoms with Gasteiger partial charge < -0.3 is 0 Å². The highest BCUT2D eigenvalue weighted by atomic mass is 31.1. The Hall–Kier alpha value is 0.430. The first-order chi connectivity index (χ1) is 9.43. The zero-order valence-corrected chi connectivity index (χ0v) is 14.2. The Balaban J connectivity index is 1.98. The number of rotatable bonds is 8. The highest BCUT2D eigenvalue weighted by molar-refractivity contribution is 7.38. The van der Waals surface area contributed by atoms with Crippen molar-refractivity contribution in [1.82, 2.24) is 0 Å². The first-order valence-corrected chi connectivity index (χ1v) is 10.2. The minimum atomic E-state index is 1.05. The van der Waals surface area contributed by atoms with Crippen molar-refractivity contribution >= 4 is 8.58 Å². The molecule has 1 fully saturated rings. The van der Waals surface area contributed by atoms with Crippen molar-refractivity contribution < 1.29 is 0 Å². The van der Waals surface area contributed by atoms with Gasteiger partial charge in [-0.25, -0.2) is 0 Å².